The van der Waals surface area contributed by atoms with Gasteiger partial charge >= 0.3 is 5.97 Å². The summed E-state index contributed by atoms with van der Waals surface area (Å²) in [4.78, 5) is 11.4. The Labute approximate surface area is 115 Å². The highest BCUT2D eigenvalue weighted by Gasteiger charge is 2.38. The van der Waals surface area contributed by atoms with E-state index in [4.69, 9.17) is 14.2 Å². The normalized spacial score (nSPS) is 18.4. The molecule has 0 aliphatic heterocycles. The predicted molar refractivity (Wildman–Crippen MR) is 71.3 cm³/mol. The first-order chi connectivity index (χ1) is 9.21. The molecular weight excluding hydrogens is 248 g/mol. The van der Waals surface area contributed by atoms with Gasteiger partial charge in [0.25, 0.3) is 0 Å². The molecule has 1 aliphatic rings. The van der Waals surface area contributed by atoms with Gasteiger partial charge in [-0.1, -0.05) is 19.3 Å². The summed E-state index contributed by atoms with van der Waals surface area (Å²) < 4.78 is 15.6. The standard InChI is InChI=1S/C14H26O5/c1-17-9-10-19-12-11-18-8-7-14(13(15)16)5-3-2-4-6-14/h2-12H2,1H3,(H,15,16). The lowest BCUT2D eigenvalue weighted by Crippen LogP contribution is -2.34. The molecule has 0 spiro atoms. The monoisotopic (exact) mass is 274 g/mol. The lowest BCUT2D eigenvalue weighted by Gasteiger charge is -2.33. The highest BCUT2D eigenvalue weighted by molar-refractivity contribution is 5.74. The van der Waals surface area contributed by atoms with Crippen molar-refractivity contribution in [1.82, 2.24) is 0 Å². The van der Waals surface area contributed by atoms with Crippen LogP contribution in [0.4, 0.5) is 0 Å². The van der Waals surface area contributed by atoms with Crippen LogP contribution < -0.4 is 0 Å². The maximum atomic E-state index is 11.4. The average molecular weight is 274 g/mol. The van der Waals surface area contributed by atoms with Crippen LogP contribution in [0.2, 0.25) is 0 Å². The van der Waals surface area contributed by atoms with Crippen molar-refractivity contribution in [3.8, 4) is 0 Å². The molecule has 0 amide bonds. The first kappa shape index (κ1) is 16.4. The smallest absolute Gasteiger partial charge is 0.309 e. The molecule has 112 valence electrons. The van der Waals surface area contributed by atoms with Crippen LogP contribution in [0.5, 0.6) is 0 Å². The summed E-state index contributed by atoms with van der Waals surface area (Å²) >= 11 is 0. The van der Waals surface area contributed by atoms with Crippen LogP contribution in [0, 0.1) is 5.41 Å². The van der Waals surface area contributed by atoms with Gasteiger partial charge in [-0.25, -0.2) is 0 Å². The first-order valence-electron chi connectivity index (χ1n) is 7.09. The molecule has 1 rings (SSSR count). The van der Waals surface area contributed by atoms with Gasteiger partial charge in [0.2, 0.25) is 0 Å². The van der Waals surface area contributed by atoms with E-state index in [0.717, 1.165) is 32.1 Å². The van der Waals surface area contributed by atoms with Crippen molar-refractivity contribution in [2.75, 3.05) is 40.1 Å². The van der Waals surface area contributed by atoms with Gasteiger partial charge in [-0.3, -0.25) is 4.79 Å². The van der Waals surface area contributed by atoms with Crippen LogP contribution in [0.25, 0.3) is 0 Å². The maximum Gasteiger partial charge on any atom is 0.309 e. The molecule has 1 aliphatic carbocycles. The minimum absolute atomic E-state index is 0.500. The third-order valence-electron chi connectivity index (χ3n) is 3.79. The van der Waals surface area contributed by atoms with Gasteiger partial charge in [-0.2, -0.15) is 0 Å². The summed E-state index contributed by atoms with van der Waals surface area (Å²) in [5.74, 6) is -0.660. The van der Waals surface area contributed by atoms with Gasteiger partial charge < -0.3 is 19.3 Å². The van der Waals surface area contributed by atoms with Crippen molar-refractivity contribution in [3.63, 3.8) is 0 Å². The zero-order valence-electron chi connectivity index (χ0n) is 11.9. The second-order valence-electron chi connectivity index (χ2n) is 5.11. The number of carboxylic acids is 1. The van der Waals surface area contributed by atoms with Crippen LogP contribution in [0.3, 0.4) is 0 Å². The zero-order chi connectivity index (χ0) is 14.0. The Hall–Kier alpha value is -0.650. The second-order valence-corrected chi connectivity index (χ2v) is 5.11. The van der Waals surface area contributed by atoms with Gasteiger partial charge in [-0.05, 0) is 19.3 Å². The van der Waals surface area contributed by atoms with E-state index >= 15 is 0 Å². The fraction of sp³-hybridized carbons (Fsp3) is 0.929. The molecule has 0 radical (unpaired) electrons. The molecule has 0 saturated heterocycles. The van der Waals surface area contributed by atoms with Crippen LogP contribution >= 0.6 is 0 Å². The van der Waals surface area contributed by atoms with E-state index in [-0.39, 0.29) is 0 Å². The number of carbonyl (C=O) groups is 1. The fourth-order valence-electron chi connectivity index (χ4n) is 2.53. The van der Waals surface area contributed by atoms with E-state index in [1.54, 1.807) is 7.11 Å². The second kappa shape index (κ2) is 9.28. The number of hydrogen-bond acceptors (Lipinski definition) is 4. The molecule has 0 aromatic carbocycles. The van der Waals surface area contributed by atoms with Crippen molar-refractivity contribution >= 4 is 5.97 Å². The van der Waals surface area contributed by atoms with Gasteiger partial charge in [0, 0.05) is 13.7 Å². The topological polar surface area (TPSA) is 65.0 Å². The fourth-order valence-corrected chi connectivity index (χ4v) is 2.53. The van der Waals surface area contributed by atoms with Crippen LogP contribution in [-0.4, -0.2) is 51.2 Å². The predicted octanol–water partition coefficient (Wildman–Crippen LogP) is 2.09. The minimum atomic E-state index is -0.660. The number of hydrogen-bond donors (Lipinski definition) is 1. The zero-order valence-corrected chi connectivity index (χ0v) is 11.9. The quantitative estimate of drug-likeness (QED) is 0.618. The molecule has 1 N–H and O–H groups in total. The molecule has 0 heterocycles. The lowest BCUT2D eigenvalue weighted by molar-refractivity contribution is -0.152. The number of rotatable bonds is 10. The highest BCUT2D eigenvalue weighted by Crippen LogP contribution is 2.39. The van der Waals surface area contributed by atoms with Crippen molar-refractivity contribution in [2.45, 2.75) is 38.5 Å². The Kier molecular flexibility index (Phi) is 8.02. The summed E-state index contributed by atoms with van der Waals surface area (Å²) in [6.07, 6.45) is 5.38. The molecule has 5 nitrogen and oxygen atoms in total. The van der Waals surface area contributed by atoms with Crippen LogP contribution in [0.15, 0.2) is 0 Å². The third kappa shape index (κ3) is 5.89. The van der Waals surface area contributed by atoms with Gasteiger partial charge in [0.1, 0.15) is 0 Å². The van der Waals surface area contributed by atoms with E-state index in [1.165, 1.54) is 0 Å². The summed E-state index contributed by atoms with van der Waals surface area (Å²) in [5.41, 5.74) is -0.546. The van der Waals surface area contributed by atoms with Crippen LogP contribution in [0.1, 0.15) is 38.5 Å². The number of carboxylic acid groups (broad SMARTS) is 1. The summed E-state index contributed by atoms with van der Waals surface area (Å²) in [7, 11) is 1.63. The number of methoxy groups -OCH3 is 1. The van der Waals surface area contributed by atoms with E-state index < -0.39 is 11.4 Å². The molecule has 0 atom stereocenters. The molecule has 1 saturated carbocycles. The first-order valence-corrected chi connectivity index (χ1v) is 7.09. The molecule has 0 bridgehead atoms. The van der Waals surface area contributed by atoms with E-state index in [9.17, 15) is 9.90 Å². The lowest BCUT2D eigenvalue weighted by atomic mass is 9.72. The average Bonchev–Trinajstić information content (AvgIpc) is 2.42. The van der Waals surface area contributed by atoms with Crippen molar-refractivity contribution in [2.24, 2.45) is 5.41 Å². The van der Waals surface area contributed by atoms with E-state index in [0.29, 0.717) is 39.5 Å². The van der Waals surface area contributed by atoms with Gasteiger partial charge in [0.05, 0.1) is 31.8 Å². The number of aliphatic carboxylic acids is 1. The largest absolute Gasteiger partial charge is 0.481 e. The van der Waals surface area contributed by atoms with Crippen molar-refractivity contribution in [1.29, 1.82) is 0 Å². The van der Waals surface area contributed by atoms with E-state index in [2.05, 4.69) is 0 Å². The van der Waals surface area contributed by atoms with Crippen molar-refractivity contribution in [3.05, 3.63) is 0 Å². The molecular formula is C14H26O5. The minimum Gasteiger partial charge on any atom is -0.481 e. The Morgan fingerprint density at radius 3 is 2.16 bits per heavy atom. The highest BCUT2D eigenvalue weighted by atomic mass is 16.5. The Morgan fingerprint density at radius 1 is 1.00 bits per heavy atom. The molecule has 0 aromatic rings. The van der Waals surface area contributed by atoms with Crippen molar-refractivity contribution < 1.29 is 24.1 Å². The third-order valence-corrected chi connectivity index (χ3v) is 3.79. The Bertz CT molecular complexity index is 248. The van der Waals surface area contributed by atoms with Crippen LogP contribution in [-0.2, 0) is 19.0 Å². The summed E-state index contributed by atoms with van der Waals surface area (Å²) in [5, 5.41) is 9.39. The molecule has 0 unspecified atom stereocenters. The molecule has 1 fully saturated rings. The summed E-state index contributed by atoms with van der Waals surface area (Å²) in [6.45, 7) is 2.70. The molecule has 19 heavy (non-hydrogen) atoms. The maximum absolute atomic E-state index is 11.4. The molecule has 0 aromatic heterocycles. The molecule has 5 heteroatoms. The SMILES string of the molecule is COCCOCCOCCC1(C(=O)O)CCCCC1. The van der Waals surface area contributed by atoms with Gasteiger partial charge in [-0.15, -0.1) is 0 Å². The van der Waals surface area contributed by atoms with E-state index in [1.807, 2.05) is 0 Å². The number of ether oxygens (including phenoxy) is 3. The Balaban J connectivity index is 2.10. The Morgan fingerprint density at radius 2 is 1.58 bits per heavy atom. The van der Waals surface area contributed by atoms with Gasteiger partial charge in [0.15, 0.2) is 0 Å². The summed E-state index contributed by atoms with van der Waals surface area (Å²) in [6, 6.07) is 0.